The zero-order valence-electron chi connectivity index (χ0n) is 27.7. The molecule has 47 heavy (non-hydrogen) atoms. The lowest BCUT2D eigenvalue weighted by molar-refractivity contribution is -0.143. The summed E-state index contributed by atoms with van der Waals surface area (Å²) in [5.41, 5.74) is 5.99. The largest absolute Gasteiger partial charge is 0.465 e. The summed E-state index contributed by atoms with van der Waals surface area (Å²) in [5, 5.41) is 0.999. The lowest BCUT2D eigenvalue weighted by Crippen LogP contribution is -2.44. The topological polar surface area (TPSA) is 81.1 Å². The summed E-state index contributed by atoms with van der Waals surface area (Å²) in [7, 11) is 0. The molecule has 4 aromatic rings. The zero-order chi connectivity index (χ0) is 33.1. The van der Waals surface area contributed by atoms with E-state index < -0.39 is 11.7 Å². The molecule has 1 aromatic heterocycles. The van der Waals surface area contributed by atoms with E-state index in [-0.39, 0.29) is 31.0 Å². The maximum atomic E-state index is 14.8. The molecule has 8 nitrogen and oxygen atoms in total. The molecule has 1 aliphatic carbocycles. The van der Waals surface area contributed by atoms with Crippen molar-refractivity contribution in [1.29, 1.82) is 0 Å². The van der Waals surface area contributed by atoms with Crippen molar-refractivity contribution in [2.24, 2.45) is 0 Å². The van der Waals surface area contributed by atoms with Crippen LogP contribution in [0.5, 0.6) is 0 Å². The Balaban J connectivity index is 1.38. The number of rotatable bonds is 9. The molecule has 2 amide bonds. The number of ether oxygens (including phenoxy) is 2. The first-order chi connectivity index (χ1) is 22.6. The molecular weight excluding hydrogens is 590 g/mol. The second-order valence-corrected chi connectivity index (χ2v) is 13.3. The number of esters is 1. The Morgan fingerprint density at radius 2 is 1.60 bits per heavy atom. The van der Waals surface area contributed by atoms with Gasteiger partial charge >= 0.3 is 12.1 Å². The van der Waals surface area contributed by atoms with Crippen molar-refractivity contribution >= 4 is 34.4 Å². The molecular formula is C39H43N3O5. The molecule has 0 bridgehead atoms. The van der Waals surface area contributed by atoms with Crippen molar-refractivity contribution in [3.05, 3.63) is 102 Å². The first kappa shape index (κ1) is 32.1. The number of benzene rings is 3. The lowest BCUT2D eigenvalue weighted by Gasteiger charge is -2.34. The third-order valence-electron chi connectivity index (χ3n) is 8.64. The quantitative estimate of drug-likeness (QED) is 0.179. The van der Waals surface area contributed by atoms with Gasteiger partial charge in [-0.25, -0.2) is 4.79 Å². The van der Waals surface area contributed by atoms with Crippen molar-refractivity contribution < 1.29 is 23.9 Å². The molecule has 0 saturated heterocycles. The third-order valence-corrected chi connectivity index (χ3v) is 8.64. The monoisotopic (exact) mass is 633 g/mol. The second kappa shape index (κ2) is 13.5. The molecule has 2 heterocycles. The van der Waals surface area contributed by atoms with Gasteiger partial charge in [0.15, 0.2) is 0 Å². The Labute approximate surface area is 276 Å². The fourth-order valence-corrected chi connectivity index (χ4v) is 6.31. The summed E-state index contributed by atoms with van der Waals surface area (Å²) in [6, 6.07) is 26.6. The summed E-state index contributed by atoms with van der Waals surface area (Å²) < 4.78 is 12.9. The molecule has 1 saturated carbocycles. The average Bonchev–Trinajstić information content (AvgIpc) is 3.85. The van der Waals surface area contributed by atoms with Gasteiger partial charge in [0.2, 0.25) is 0 Å². The van der Waals surface area contributed by atoms with Crippen molar-refractivity contribution in [2.75, 3.05) is 19.7 Å². The van der Waals surface area contributed by atoms with Crippen LogP contribution in [0.4, 0.5) is 4.79 Å². The van der Waals surface area contributed by atoms with E-state index in [2.05, 4.69) is 30.3 Å². The van der Waals surface area contributed by atoms with Gasteiger partial charge in [-0.3, -0.25) is 9.59 Å². The fraction of sp³-hybridized carbons (Fsp3) is 0.359. The molecule has 0 N–H and O–H groups in total. The summed E-state index contributed by atoms with van der Waals surface area (Å²) in [5.74, 6) is -0.366. The zero-order valence-corrected chi connectivity index (χ0v) is 27.7. The van der Waals surface area contributed by atoms with Crippen LogP contribution in [0.15, 0.2) is 90.6 Å². The highest BCUT2D eigenvalue weighted by Gasteiger charge is 2.38. The van der Waals surface area contributed by atoms with E-state index in [0.29, 0.717) is 31.7 Å². The van der Waals surface area contributed by atoms with Crippen LogP contribution in [0, 0.1) is 0 Å². The van der Waals surface area contributed by atoms with Gasteiger partial charge in [-0.05, 0) is 86.9 Å². The van der Waals surface area contributed by atoms with Crippen LogP contribution in [0.3, 0.4) is 0 Å². The average molecular weight is 634 g/mol. The van der Waals surface area contributed by atoms with E-state index in [1.807, 2.05) is 85.0 Å². The number of hydrogen-bond donors (Lipinski definition) is 0. The Morgan fingerprint density at radius 1 is 0.894 bits per heavy atom. The fourth-order valence-electron chi connectivity index (χ4n) is 6.31. The molecule has 8 heteroatoms. The van der Waals surface area contributed by atoms with Crippen LogP contribution in [0.25, 0.3) is 27.6 Å². The number of carbonyl (C=O) groups is 3. The van der Waals surface area contributed by atoms with Gasteiger partial charge < -0.3 is 23.8 Å². The highest BCUT2D eigenvalue weighted by atomic mass is 16.6. The molecule has 244 valence electrons. The molecule has 1 aliphatic heterocycles. The number of amides is 2. The molecule has 0 unspecified atom stereocenters. The van der Waals surface area contributed by atoms with Crippen LogP contribution < -0.4 is 0 Å². The van der Waals surface area contributed by atoms with Crippen molar-refractivity contribution in [2.45, 2.75) is 71.7 Å². The maximum absolute atomic E-state index is 14.8. The number of fused-ring (bicyclic) bond motifs is 1. The van der Waals surface area contributed by atoms with E-state index in [9.17, 15) is 14.4 Å². The van der Waals surface area contributed by atoms with Gasteiger partial charge in [0, 0.05) is 41.8 Å². The van der Waals surface area contributed by atoms with E-state index >= 15 is 0 Å². The molecule has 3 aromatic carbocycles. The molecule has 0 spiro atoms. The lowest BCUT2D eigenvalue weighted by atomic mass is 9.90. The summed E-state index contributed by atoms with van der Waals surface area (Å²) in [4.78, 5) is 44.1. The Hall–Kier alpha value is -4.85. The first-order valence-corrected chi connectivity index (χ1v) is 16.5. The molecule has 0 atom stereocenters. The number of carbonyl (C=O) groups excluding carboxylic acids is 3. The van der Waals surface area contributed by atoms with Crippen LogP contribution in [-0.2, 0) is 32.2 Å². The van der Waals surface area contributed by atoms with Gasteiger partial charge in [-0.1, -0.05) is 66.7 Å². The Kier molecular flexibility index (Phi) is 9.21. The number of para-hydroxylation sites is 1. The predicted molar refractivity (Wildman–Crippen MR) is 183 cm³/mol. The van der Waals surface area contributed by atoms with Crippen molar-refractivity contribution in [1.82, 2.24) is 14.4 Å². The number of nitrogens with zero attached hydrogens (tertiary/aromatic N) is 3. The van der Waals surface area contributed by atoms with Crippen molar-refractivity contribution in [3.8, 4) is 11.1 Å². The van der Waals surface area contributed by atoms with E-state index in [1.165, 1.54) is 0 Å². The van der Waals surface area contributed by atoms with Crippen molar-refractivity contribution in [3.63, 3.8) is 0 Å². The van der Waals surface area contributed by atoms with E-state index in [0.717, 1.165) is 51.6 Å². The first-order valence-electron chi connectivity index (χ1n) is 16.5. The molecule has 1 fully saturated rings. The minimum atomic E-state index is -0.646. The minimum absolute atomic E-state index is 0.0666. The Bertz CT molecular complexity index is 1810. The predicted octanol–water partition coefficient (Wildman–Crippen LogP) is 7.46. The van der Waals surface area contributed by atoms with Gasteiger partial charge in [0.25, 0.3) is 5.91 Å². The van der Waals surface area contributed by atoms with Gasteiger partial charge in [0.1, 0.15) is 12.1 Å². The molecule has 6 rings (SSSR count). The number of aromatic nitrogens is 1. The number of hydrogen-bond acceptors (Lipinski definition) is 5. The summed E-state index contributed by atoms with van der Waals surface area (Å²) in [6.07, 6.45) is 3.94. The van der Waals surface area contributed by atoms with Crippen LogP contribution >= 0.6 is 0 Å². The highest BCUT2D eigenvalue weighted by Crippen LogP contribution is 2.36. The van der Waals surface area contributed by atoms with Crippen LogP contribution in [0.1, 0.15) is 58.1 Å². The standard InChI is InChI=1S/C39H43N3O5/c1-5-46-36(43)26-41-23-30(33-16-9-10-17-35(33)41)24-42(31-18-19-31)37(44)34-25-40(38(45)47-39(2,3)4)21-20-32(34)29-15-11-14-28(22-29)27-12-7-6-8-13-27/h6-17,22-23,31H,5,18-21,24-26H2,1-4H3. The van der Waals surface area contributed by atoms with E-state index in [1.54, 1.807) is 11.8 Å². The normalized spacial score (nSPS) is 15.1. The highest BCUT2D eigenvalue weighted by molar-refractivity contribution is 6.03. The second-order valence-electron chi connectivity index (χ2n) is 13.3. The van der Waals surface area contributed by atoms with E-state index in [4.69, 9.17) is 9.47 Å². The van der Waals surface area contributed by atoms with Gasteiger partial charge in [-0.2, -0.15) is 0 Å². The van der Waals surface area contributed by atoms with Crippen LogP contribution in [0.2, 0.25) is 0 Å². The summed E-state index contributed by atoms with van der Waals surface area (Å²) in [6.45, 7) is 8.80. The smallest absolute Gasteiger partial charge is 0.410 e. The van der Waals surface area contributed by atoms with Crippen LogP contribution in [-0.4, -0.2) is 63.7 Å². The molecule has 2 aliphatic rings. The molecule has 0 radical (unpaired) electrons. The maximum Gasteiger partial charge on any atom is 0.410 e. The van der Waals surface area contributed by atoms with Gasteiger partial charge in [-0.15, -0.1) is 0 Å². The third kappa shape index (κ3) is 7.43. The Morgan fingerprint density at radius 3 is 2.32 bits per heavy atom. The van der Waals surface area contributed by atoms with Gasteiger partial charge in [0.05, 0.1) is 13.2 Å². The minimum Gasteiger partial charge on any atom is -0.465 e. The summed E-state index contributed by atoms with van der Waals surface area (Å²) >= 11 is 0. The SMILES string of the molecule is CCOC(=O)Cn1cc(CN(C(=O)C2=C(c3cccc(-c4ccccc4)c3)CCN(C(=O)OC(C)(C)C)C2)C2CC2)c2ccccc21.